The van der Waals surface area contributed by atoms with Gasteiger partial charge in [-0.05, 0) is 25.7 Å². The molecule has 0 radical (unpaired) electrons. The van der Waals surface area contributed by atoms with E-state index in [2.05, 4.69) is 14.9 Å². The highest BCUT2D eigenvalue weighted by atomic mass is 35.5. The van der Waals surface area contributed by atoms with Crippen molar-refractivity contribution in [2.24, 2.45) is 0 Å². The summed E-state index contributed by atoms with van der Waals surface area (Å²) < 4.78 is 0. The van der Waals surface area contributed by atoms with Crippen molar-refractivity contribution in [3.05, 3.63) is 16.5 Å². The Morgan fingerprint density at radius 3 is 2.79 bits per heavy atom. The third-order valence-corrected chi connectivity index (χ3v) is 3.00. The van der Waals surface area contributed by atoms with Crippen LogP contribution in [-0.4, -0.2) is 41.3 Å². The zero-order valence-electron chi connectivity index (χ0n) is 8.00. The molecule has 0 saturated carbocycles. The number of rotatable bonds is 4. The van der Waals surface area contributed by atoms with Gasteiger partial charge in [0.15, 0.2) is 0 Å². The molecule has 1 rings (SSSR count). The molecule has 1 aromatic heterocycles. The first-order valence-electron chi connectivity index (χ1n) is 4.05. The molecular formula is C8H11Cl2N3S. The minimum Gasteiger partial charge on any atom is -0.309 e. The average molecular weight is 252 g/mol. The van der Waals surface area contributed by atoms with Crippen LogP contribution in [0.25, 0.3) is 0 Å². The summed E-state index contributed by atoms with van der Waals surface area (Å²) in [6.45, 7) is 0.975. The summed E-state index contributed by atoms with van der Waals surface area (Å²) in [6.07, 6.45) is 1.52. The van der Waals surface area contributed by atoms with Crippen molar-refractivity contribution in [1.29, 1.82) is 0 Å². The molecule has 0 aromatic carbocycles. The van der Waals surface area contributed by atoms with E-state index in [1.807, 2.05) is 14.1 Å². The first kappa shape index (κ1) is 12.0. The second kappa shape index (κ2) is 5.75. The van der Waals surface area contributed by atoms with Gasteiger partial charge in [0, 0.05) is 12.3 Å². The van der Waals surface area contributed by atoms with E-state index < -0.39 is 0 Å². The van der Waals surface area contributed by atoms with Gasteiger partial charge in [-0.25, -0.2) is 9.97 Å². The highest BCUT2D eigenvalue weighted by Gasteiger charge is 2.04. The fourth-order valence-electron chi connectivity index (χ4n) is 0.757. The molecule has 0 unspecified atom stereocenters. The largest absolute Gasteiger partial charge is 0.309 e. The number of hydrogen-bond acceptors (Lipinski definition) is 4. The van der Waals surface area contributed by atoms with Crippen LogP contribution in [0.2, 0.25) is 10.3 Å². The van der Waals surface area contributed by atoms with Crippen LogP contribution in [0.1, 0.15) is 0 Å². The van der Waals surface area contributed by atoms with Crippen LogP contribution in [0.4, 0.5) is 0 Å². The van der Waals surface area contributed by atoms with Crippen LogP contribution in [-0.2, 0) is 0 Å². The molecule has 0 spiro atoms. The minimum absolute atomic E-state index is 0.238. The fraction of sp³-hybridized carbons (Fsp3) is 0.500. The summed E-state index contributed by atoms with van der Waals surface area (Å²) in [5.41, 5.74) is 0. The predicted molar refractivity (Wildman–Crippen MR) is 61.3 cm³/mol. The van der Waals surface area contributed by atoms with Gasteiger partial charge in [-0.3, -0.25) is 0 Å². The van der Waals surface area contributed by atoms with Gasteiger partial charge in [-0.15, -0.1) is 11.8 Å². The molecule has 0 fully saturated rings. The van der Waals surface area contributed by atoms with Crippen LogP contribution in [0, 0.1) is 0 Å². The first-order valence-corrected chi connectivity index (χ1v) is 5.79. The van der Waals surface area contributed by atoms with Crippen molar-refractivity contribution < 1.29 is 0 Å². The summed E-state index contributed by atoms with van der Waals surface area (Å²) in [5, 5.41) is 1.54. The van der Waals surface area contributed by atoms with Crippen LogP contribution in [0.3, 0.4) is 0 Å². The summed E-state index contributed by atoms with van der Waals surface area (Å²) >= 11 is 13.1. The minimum atomic E-state index is 0.238. The smallest absolute Gasteiger partial charge is 0.223 e. The van der Waals surface area contributed by atoms with Crippen molar-refractivity contribution in [1.82, 2.24) is 14.9 Å². The second-order valence-corrected chi connectivity index (χ2v) is 4.77. The monoisotopic (exact) mass is 251 g/mol. The molecule has 0 aliphatic heterocycles. The molecule has 0 aliphatic rings. The summed E-state index contributed by atoms with van der Waals surface area (Å²) in [4.78, 5) is 9.92. The Kier molecular flexibility index (Phi) is 4.95. The van der Waals surface area contributed by atoms with Gasteiger partial charge in [0.1, 0.15) is 5.03 Å². The van der Waals surface area contributed by atoms with E-state index in [4.69, 9.17) is 23.2 Å². The number of nitrogens with zero attached hydrogens (tertiary/aromatic N) is 3. The van der Waals surface area contributed by atoms with Gasteiger partial charge in [0.05, 0.1) is 11.2 Å². The van der Waals surface area contributed by atoms with Crippen LogP contribution < -0.4 is 0 Å². The topological polar surface area (TPSA) is 29.0 Å². The normalized spacial score (nSPS) is 10.9. The molecule has 0 atom stereocenters. The van der Waals surface area contributed by atoms with E-state index in [0.29, 0.717) is 5.02 Å². The first-order chi connectivity index (χ1) is 6.59. The lowest BCUT2D eigenvalue weighted by atomic mass is 10.7. The van der Waals surface area contributed by atoms with E-state index in [1.54, 1.807) is 11.8 Å². The van der Waals surface area contributed by atoms with E-state index in [0.717, 1.165) is 17.3 Å². The zero-order chi connectivity index (χ0) is 10.6. The molecule has 0 aliphatic carbocycles. The molecule has 6 heteroatoms. The van der Waals surface area contributed by atoms with Gasteiger partial charge in [0.2, 0.25) is 5.28 Å². The van der Waals surface area contributed by atoms with Gasteiger partial charge in [-0.1, -0.05) is 11.6 Å². The number of thioether (sulfide) groups is 1. The lowest BCUT2D eigenvalue weighted by Gasteiger charge is -2.08. The highest BCUT2D eigenvalue weighted by Crippen LogP contribution is 2.24. The molecule has 0 N–H and O–H groups in total. The van der Waals surface area contributed by atoms with E-state index >= 15 is 0 Å². The summed E-state index contributed by atoms with van der Waals surface area (Å²) in [5.74, 6) is 0.931. The maximum Gasteiger partial charge on any atom is 0.223 e. The Bertz CT molecular complexity index is 307. The maximum atomic E-state index is 5.89. The van der Waals surface area contributed by atoms with Crippen molar-refractivity contribution in [3.8, 4) is 0 Å². The van der Waals surface area contributed by atoms with Gasteiger partial charge in [-0.2, -0.15) is 0 Å². The van der Waals surface area contributed by atoms with Crippen molar-refractivity contribution in [2.45, 2.75) is 5.03 Å². The fourth-order valence-corrected chi connectivity index (χ4v) is 2.19. The Labute approximate surface area is 97.8 Å². The lowest BCUT2D eigenvalue weighted by Crippen LogP contribution is -2.14. The third-order valence-electron chi connectivity index (χ3n) is 1.46. The molecule has 3 nitrogen and oxygen atoms in total. The molecular weight excluding hydrogens is 241 g/mol. The van der Waals surface area contributed by atoms with Crippen LogP contribution >= 0.6 is 35.0 Å². The summed E-state index contributed by atoms with van der Waals surface area (Å²) in [7, 11) is 4.05. The molecule has 14 heavy (non-hydrogen) atoms. The summed E-state index contributed by atoms with van der Waals surface area (Å²) in [6, 6.07) is 0. The van der Waals surface area contributed by atoms with Gasteiger partial charge in [0.25, 0.3) is 0 Å². The van der Waals surface area contributed by atoms with E-state index in [9.17, 15) is 0 Å². The van der Waals surface area contributed by atoms with Crippen LogP contribution in [0.5, 0.6) is 0 Å². The Balaban J connectivity index is 2.53. The quantitative estimate of drug-likeness (QED) is 0.467. The number of aromatic nitrogens is 2. The van der Waals surface area contributed by atoms with Gasteiger partial charge >= 0.3 is 0 Å². The standard InChI is InChI=1S/C8H11Cl2N3S/c1-13(2)3-4-14-7-6(9)5-11-8(10)12-7/h5H,3-4H2,1-2H3. The number of hydrogen-bond donors (Lipinski definition) is 0. The van der Waals surface area contributed by atoms with E-state index in [1.165, 1.54) is 6.20 Å². The highest BCUT2D eigenvalue weighted by molar-refractivity contribution is 7.99. The predicted octanol–water partition coefficient (Wildman–Crippen LogP) is 2.44. The second-order valence-electron chi connectivity index (χ2n) is 2.94. The molecule has 0 saturated heterocycles. The van der Waals surface area contributed by atoms with E-state index in [-0.39, 0.29) is 5.28 Å². The average Bonchev–Trinajstić information content (AvgIpc) is 2.10. The lowest BCUT2D eigenvalue weighted by molar-refractivity contribution is 0.437. The van der Waals surface area contributed by atoms with Crippen LogP contribution in [0.15, 0.2) is 11.2 Å². The third kappa shape index (κ3) is 4.00. The van der Waals surface area contributed by atoms with Crippen molar-refractivity contribution in [3.63, 3.8) is 0 Å². The van der Waals surface area contributed by atoms with Crippen molar-refractivity contribution >= 4 is 35.0 Å². The molecule has 0 bridgehead atoms. The number of halogens is 2. The molecule has 1 aromatic rings. The molecule has 78 valence electrons. The SMILES string of the molecule is CN(C)CCSc1nc(Cl)ncc1Cl. The van der Waals surface area contributed by atoms with Crippen molar-refractivity contribution in [2.75, 3.05) is 26.4 Å². The Morgan fingerprint density at radius 1 is 1.43 bits per heavy atom. The zero-order valence-corrected chi connectivity index (χ0v) is 10.3. The molecule has 0 amide bonds. The maximum absolute atomic E-state index is 5.89. The Morgan fingerprint density at radius 2 is 2.14 bits per heavy atom. The van der Waals surface area contributed by atoms with Gasteiger partial charge < -0.3 is 4.90 Å². The molecule has 1 heterocycles. The Hall–Kier alpha value is -0.0300.